The van der Waals surface area contributed by atoms with E-state index in [1.807, 2.05) is 26.0 Å². The van der Waals surface area contributed by atoms with E-state index < -0.39 is 6.04 Å². The lowest BCUT2D eigenvalue weighted by atomic mass is 10.1. The van der Waals surface area contributed by atoms with Gasteiger partial charge in [-0.1, -0.05) is 0 Å². The van der Waals surface area contributed by atoms with Gasteiger partial charge in [-0.05, 0) is 56.9 Å². The molecule has 2 aliphatic rings. The van der Waals surface area contributed by atoms with E-state index in [0.717, 1.165) is 29.8 Å². The van der Waals surface area contributed by atoms with Crippen molar-refractivity contribution >= 4 is 11.9 Å². The Kier molecular flexibility index (Phi) is 3.76. The summed E-state index contributed by atoms with van der Waals surface area (Å²) >= 11 is 0. The number of carbonyl (C=O) groups excluding carboxylic acids is 2. The highest BCUT2D eigenvalue weighted by Gasteiger charge is 2.48. The van der Waals surface area contributed by atoms with E-state index in [4.69, 9.17) is 5.26 Å². The Bertz CT molecular complexity index is 920. The highest BCUT2D eigenvalue weighted by atomic mass is 16.2. The Morgan fingerprint density at radius 2 is 1.96 bits per heavy atom. The third kappa shape index (κ3) is 2.54. The molecular weight excluding hydrogens is 330 g/mol. The molecule has 7 heteroatoms. The van der Waals surface area contributed by atoms with E-state index in [2.05, 4.69) is 16.5 Å². The molecule has 0 radical (unpaired) electrons. The topological polar surface area (TPSA) is 91.0 Å². The van der Waals surface area contributed by atoms with E-state index in [0.29, 0.717) is 5.56 Å². The van der Waals surface area contributed by atoms with Gasteiger partial charge in [0, 0.05) is 11.3 Å². The molecule has 2 fully saturated rings. The van der Waals surface area contributed by atoms with Crippen LogP contribution in [0.15, 0.2) is 30.5 Å². The van der Waals surface area contributed by atoms with Crippen LogP contribution in [0.3, 0.4) is 0 Å². The fourth-order valence-electron chi connectivity index (χ4n) is 3.54. The van der Waals surface area contributed by atoms with Gasteiger partial charge in [0.2, 0.25) is 0 Å². The van der Waals surface area contributed by atoms with Crippen LogP contribution in [0.5, 0.6) is 0 Å². The zero-order valence-electron chi connectivity index (χ0n) is 14.6. The minimum absolute atomic E-state index is 0.143. The number of rotatable bonds is 4. The highest BCUT2D eigenvalue weighted by molar-refractivity contribution is 6.05. The second-order valence-electron chi connectivity index (χ2n) is 6.90. The molecular formula is C19H19N5O2. The van der Waals surface area contributed by atoms with Crippen LogP contribution in [-0.4, -0.2) is 32.7 Å². The second kappa shape index (κ2) is 5.99. The Labute approximate surface area is 151 Å². The average molecular weight is 349 g/mol. The molecule has 26 heavy (non-hydrogen) atoms. The molecule has 0 bridgehead atoms. The Balaban J connectivity index is 1.62. The zero-order chi connectivity index (χ0) is 18.4. The molecule has 7 nitrogen and oxygen atoms in total. The maximum absolute atomic E-state index is 12.7. The number of carbonyl (C=O) groups is 2. The molecule has 132 valence electrons. The molecule has 2 atom stereocenters. The number of nitrogens with one attached hydrogen (secondary N) is 1. The first kappa shape index (κ1) is 16.3. The summed E-state index contributed by atoms with van der Waals surface area (Å²) in [7, 11) is 0. The van der Waals surface area contributed by atoms with Crippen molar-refractivity contribution in [1.82, 2.24) is 20.0 Å². The largest absolute Gasteiger partial charge is 0.325 e. The Morgan fingerprint density at radius 3 is 2.58 bits per heavy atom. The van der Waals surface area contributed by atoms with E-state index in [1.165, 1.54) is 4.90 Å². The lowest BCUT2D eigenvalue weighted by Gasteiger charge is -2.21. The maximum atomic E-state index is 12.7. The summed E-state index contributed by atoms with van der Waals surface area (Å²) in [6.45, 7) is 3.76. The summed E-state index contributed by atoms with van der Waals surface area (Å²) in [5.41, 5.74) is 3.09. The van der Waals surface area contributed by atoms with Gasteiger partial charge in [0.1, 0.15) is 6.04 Å². The van der Waals surface area contributed by atoms with Gasteiger partial charge in [-0.2, -0.15) is 10.4 Å². The lowest BCUT2D eigenvalue weighted by Crippen LogP contribution is -2.34. The van der Waals surface area contributed by atoms with Crippen molar-refractivity contribution in [2.24, 2.45) is 5.92 Å². The summed E-state index contributed by atoms with van der Waals surface area (Å²) in [6, 6.07) is 8.11. The van der Waals surface area contributed by atoms with Crippen molar-refractivity contribution in [3.63, 3.8) is 0 Å². The monoisotopic (exact) mass is 349 g/mol. The van der Waals surface area contributed by atoms with E-state index in [1.54, 1.807) is 23.0 Å². The number of benzene rings is 1. The molecule has 2 aromatic rings. The predicted molar refractivity (Wildman–Crippen MR) is 93.3 cm³/mol. The van der Waals surface area contributed by atoms with Crippen LogP contribution in [0.25, 0.3) is 5.69 Å². The average Bonchev–Trinajstić information content (AvgIpc) is 3.35. The molecule has 0 unspecified atom stereocenters. The van der Waals surface area contributed by atoms with Crippen LogP contribution in [0, 0.1) is 24.2 Å². The fraction of sp³-hybridized carbons (Fsp3) is 0.368. The number of urea groups is 1. The van der Waals surface area contributed by atoms with Gasteiger partial charge in [0.15, 0.2) is 0 Å². The van der Waals surface area contributed by atoms with Gasteiger partial charge in [-0.15, -0.1) is 0 Å². The number of amides is 3. The molecule has 1 saturated heterocycles. The standard InChI is InChI=1S/C19H19N5O2/c1-11(23-18(25)17(14-5-6-14)22-19(23)26)16-10-21-24(12(16)2)15-7-3-13(9-20)4-8-15/h3-4,7-8,10-11,14,17H,5-6H2,1-2H3,(H,22,26)/t11-,17-/m0/s1. The smallest absolute Gasteiger partial charge is 0.325 e. The molecule has 1 aromatic heterocycles. The number of aromatic nitrogens is 2. The molecule has 4 rings (SSSR count). The maximum Gasteiger partial charge on any atom is 0.325 e. The molecule has 1 aliphatic heterocycles. The molecule has 3 amide bonds. The van der Waals surface area contributed by atoms with Gasteiger partial charge >= 0.3 is 6.03 Å². The van der Waals surface area contributed by atoms with Crippen molar-refractivity contribution < 1.29 is 9.59 Å². The van der Waals surface area contributed by atoms with E-state index >= 15 is 0 Å². The minimum atomic E-state index is -0.390. The lowest BCUT2D eigenvalue weighted by molar-refractivity contribution is -0.129. The van der Waals surface area contributed by atoms with Gasteiger partial charge in [0.05, 0.1) is 29.6 Å². The SMILES string of the molecule is Cc1c([C@H](C)N2C(=O)N[C@@H](C3CC3)C2=O)cnn1-c1ccc(C#N)cc1. The minimum Gasteiger partial charge on any atom is -0.325 e. The molecule has 1 saturated carbocycles. The van der Waals surface area contributed by atoms with Gasteiger partial charge in [-0.3, -0.25) is 9.69 Å². The number of hydrogen-bond acceptors (Lipinski definition) is 4. The highest BCUT2D eigenvalue weighted by Crippen LogP contribution is 2.37. The Morgan fingerprint density at radius 1 is 1.27 bits per heavy atom. The molecule has 1 aromatic carbocycles. The molecule has 1 aliphatic carbocycles. The Hall–Kier alpha value is -3.14. The first-order valence-corrected chi connectivity index (χ1v) is 8.70. The van der Waals surface area contributed by atoms with Crippen LogP contribution in [0.2, 0.25) is 0 Å². The summed E-state index contributed by atoms with van der Waals surface area (Å²) in [6.07, 6.45) is 3.69. The third-order valence-electron chi connectivity index (χ3n) is 5.22. The van der Waals surface area contributed by atoms with Crippen molar-refractivity contribution in [2.45, 2.75) is 38.8 Å². The van der Waals surface area contributed by atoms with Crippen LogP contribution in [0.1, 0.15) is 42.6 Å². The summed E-state index contributed by atoms with van der Waals surface area (Å²) in [4.78, 5) is 26.3. The number of nitrogens with zero attached hydrogens (tertiary/aromatic N) is 4. The van der Waals surface area contributed by atoms with Crippen LogP contribution < -0.4 is 5.32 Å². The van der Waals surface area contributed by atoms with Gasteiger partial charge in [0.25, 0.3) is 5.91 Å². The first-order chi connectivity index (χ1) is 12.5. The predicted octanol–water partition coefficient (Wildman–Crippen LogP) is 2.44. The van der Waals surface area contributed by atoms with Crippen molar-refractivity contribution in [3.05, 3.63) is 47.3 Å². The molecule has 2 heterocycles. The number of imide groups is 1. The number of nitriles is 1. The van der Waals surface area contributed by atoms with E-state index in [-0.39, 0.29) is 23.9 Å². The van der Waals surface area contributed by atoms with Gasteiger partial charge in [-0.25, -0.2) is 9.48 Å². The summed E-state index contributed by atoms with van der Waals surface area (Å²) in [5.74, 6) is 0.140. The van der Waals surface area contributed by atoms with Crippen LogP contribution in [0.4, 0.5) is 4.79 Å². The van der Waals surface area contributed by atoms with E-state index in [9.17, 15) is 9.59 Å². The third-order valence-corrected chi connectivity index (χ3v) is 5.22. The van der Waals surface area contributed by atoms with Crippen LogP contribution >= 0.6 is 0 Å². The first-order valence-electron chi connectivity index (χ1n) is 8.70. The molecule has 0 spiro atoms. The zero-order valence-corrected chi connectivity index (χ0v) is 14.6. The van der Waals surface area contributed by atoms with Crippen molar-refractivity contribution in [3.8, 4) is 11.8 Å². The summed E-state index contributed by atoms with van der Waals surface area (Å²) < 4.78 is 1.75. The quantitative estimate of drug-likeness (QED) is 0.858. The second-order valence-corrected chi connectivity index (χ2v) is 6.90. The van der Waals surface area contributed by atoms with Crippen LogP contribution in [-0.2, 0) is 4.79 Å². The number of hydrogen-bond donors (Lipinski definition) is 1. The molecule has 1 N–H and O–H groups in total. The normalized spacial score (nSPS) is 20.8. The fourth-order valence-corrected chi connectivity index (χ4v) is 3.54. The van der Waals surface area contributed by atoms with Crippen molar-refractivity contribution in [1.29, 1.82) is 5.26 Å². The summed E-state index contributed by atoms with van der Waals surface area (Å²) in [5, 5.41) is 16.1. The van der Waals surface area contributed by atoms with Crippen molar-refractivity contribution in [2.75, 3.05) is 0 Å². The van der Waals surface area contributed by atoms with Gasteiger partial charge < -0.3 is 5.32 Å².